The van der Waals surface area contributed by atoms with Gasteiger partial charge in [0.05, 0.1) is 4.90 Å². The average Bonchev–Trinajstić information content (AvgIpc) is 2.79. The third kappa shape index (κ3) is 6.23. The van der Waals surface area contributed by atoms with Crippen molar-refractivity contribution in [3.05, 3.63) is 71.8 Å². The summed E-state index contributed by atoms with van der Waals surface area (Å²) in [6.07, 6.45) is 0.219. The quantitative estimate of drug-likeness (QED) is 0.322. The summed E-state index contributed by atoms with van der Waals surface area (Å²) < 4.78 is 34.2. The highest BCUT2D eigenvalue weighted by Gasteiger charge is 2.36. The molecule has 0 spiro atoms. The van der Waals surface area contributed by atoms with Crippen molar-refractivity contribution >= 4 is 38.3 Å². The molecule has 0 saturated heterocycles. The van der Waals surface area contributed by atoms with Gasteiger partial charge in [0.15, 0.2) is 0 Å². The number of amides is 1. The first-order valence-electron chi connectivity index (χ1n) is 10.6. The first-order chi connectivity index (χ1) is 15.7. The molecule has 0 bridgehead atoms. The van der Waals surface area contributed by atoms with Crippen molar-refractivity contribution in [3.63, 3.8) is 0 Å². The lowest BCUT2D eigenvalue weighted by molar-refractivity contribution is -0.133. The monoisotopic (exact) mass is 490 g/mol. The summed E-state index contributed by atoms with van der Waals surface area (Å²) in [7, 11) is -4.10. The van der Waals surface area contributed by atoms with Crippen LogP contribution in [0.5, 0.6) is 5.75 Å². The second-order valence-electron chi connectivity index (χ2n) is 8.05. The zero-order valence-electron chi connectivity index (χ0n) is 18.4. The van der Waals surface area contributed by atoms with Crippen molar-refractivity contribution in [3.8, 4) is 5.75 Å². The molecule has 1 amide bonds. The SMILES string of the molecule is CC(C)CC(C(=O)NO)N(CCOc1cccc(Cl)c1)S(=O)(=O)c1ccc2ccccc2c1. The van der Waals surface area contributed by atoms with Crippen LogP contribution in [0.15, 0.2) is 71.6 Å². The molecule has 1 atom stereocenters. The highest BCUT2D eigenvalue weighted by molar-refractivity contribution is 7.89. The third-order valence-electron chi connectivity index (χ3n) is 5.16. The molecule has 7 nitrogen and oxygen atoms in total. The number of hydrogen-bond acceptors (Lipinski definition) is 5. The standard InChI is InChI=1S/C24H27ClN2O5S/c1-17(2)14-23(24(28)26-29)27(12-13-32-21-9-5-8-20(25)16-21)33(30,31)22-11-10-18-6-3-4-7-19(18)15-22/h3-11,15-17,23,29H,12-14H2,1-2H3,(H,26,28). The van der Waals surface area contributed by atoms with E-state index in [1.165, 1.54) is 6.07 Å². The van der Waals surface area contributed by atoms with Gasteiger partial charge in [-0.1, -0.05) is 61.8 Å². The predicted molar refractivity (Wildman–Crippen MR) is 128 cm³/mol. The number of nitrogens with one attached hydrogen (secondary N) is 1. The topological polar surface area (TPSA) is 95.9 Å². The molecule has 1 unspecified atom stereocenters. The van der Waals surface area contributed by atoms with Crippen LogP contribution in [0.4, 0.5) is 0 Å². The zero-order chi connectivity index (χ0) is 24.0. The average molecular weight is 491 g/mol. The van der Waals surface area contributed by atoms with Crippen LogP contribution < -0.4 is 10.2 Å². The van der Waals surface area contributed by atoms with Crippen LogP contribution >= 0.6 is 11.6 Å². The fraction of sp³-hybridized carbons (Fsp3) is 0.292. The van der Waals surface area contributed by atoms with Crippen LogP contribution in [0.2, 0.25) is 5.02 Å². The van der Waals surface area contributed by atoms with Gasteiger partial charge in [-0.05, 0) is 53.4 Å². The smallest absolute Gasteiger partial charge is 0.261 e. The van der Waals surface area contributed by atoms with Crippen molar-refractivity contribution in [2.24, 2.45) is 5.92 Å². The van der Waals surface area contributed by atoms with Gasteiger partial charge in [-0.2, -0.15) is 4.31 Å². The van der Waals surface area contributed by atoms with E-state index in [9.17, 15) is 18.4 Å². The summed E-state index contributed by atoms with van der Waals surface area (Å²) in [4.78, 5) is 12.6. The molecule has 3 aromatic carbocycles. The Bertz CT molecular complexity index is 1220. The van der Waals surface area contributed by atoms with Crippen LogP contribution in [0.25, 0.3) is 10.8 Å². The maximum Gasteiger partial charge on any atom is 0.261 e. The Morgan fingerprint density at radius 3 is 2.45 bits per heavy atom. The van der Waals surface area contributed by atoms with E-state index in [-0.39, 0.29) is 30.4 Å². The van der Waals surface area contributed by atoms with E-state index in [4.69, 9.17) is 16.3 Å². The number of halogens is 1. The van der Waals surface area contributed by atoms with Crippen LogP contribution in [0.1, 0.15) is 20.3 Å². The van der Waals surface area contributed by atoms with Gasteiger partial charge in [-0.15, -0.1) is 0 Å². The molecule has 0 aliphatic carbocycles. The van der Waals surface area contributed by atoms with Crippen molar-refractivity contribution in [2.75, 3.05) is 13.2 Å². The van der Waals surface area contributed by atoms with E-state index in [2.05, 4.69) is 0 Å². The molecule has 0 saturated carbocycles. The van der Waals surface area contributed by atoms with Gasteiger partial charge in [-0.25, -0.2) is 13.9 Å². The number of hydroxylamine groups is 1. The highest BCUT2D eigenvalue weighted by Crippen LogP contribution is 2.26. The number of carbonyl (C=O) groups is 1. The maximum atomic E-state index is 13.7. The van der Waals surface area contributed by atoms with Crippen molar-refractivity contribution in [1.29, 1.82) is 0 Å². The maximum absolute atomic E-state index is 13.7. The summed E-state index contributed by atoms with van der Waals surface area (Å²) in [6, 6.07) is 17.9. The van der Waals surface area contributed by atoms with Crippen molar-refractivity contribution in [1.82, 2.24) is 9.79 Å². The van der Waals surface area contributed by atoms with Crippen molar-refractivity contribution < 1.29 is 23.2 Å². The minimum Gasteiger partial charge on any atom is -0.492 e. The lowest BCUT2D eigenvalue weighted by Gasteiger charge is -2.30. The van der Waals surface area contributed by atoms with Gasteiger partial charge < -0.3 is 4.74 Å². The molecule has 176 valence electrons. The molecule has 0 aromatic heterocycles. The molecule has 3 aromatic rings. The molecule has 0 radical (unpaired) electrons. The van der Waals surface area contributed by atoms with E-state index in [0.717, 1.165) is 15.1 Å². The summed E-state index contributed by atoms with van der Waals surface area (Å²) in [5.74, 6) is -0.316. The molecule has 3 rings (SSSR count). The number of benzene rings is 3. The molecule has 2 N–H and O–H groups in total. The Kier molecular flexibility index (Phi) is 8.31. The number of sulfonamides is 1. The van der Waals surface area contributed by atoms with E-state index in [0.29, 0.717) is 10.8 Å². The number of hydrogen-bond donors (Lipinski definition) is 2. The van der Waals surface area contributed by atoms with Gasteiger partial charge in [0, 0.05) is 11.6 Å². The van der Waals surface area contributed by atoms with E-state index >= 15 is 0 Å². The van der Waals surface area contributed by atoms with Crippen LogP contribution in [0.3, 0.4) is 0 Å². The van der Waals surface area contributed by atoms with Crippen LogP contribution in [-0.4, -0.2) is 43.0 Å². The molecule has 33 heavy (non-hydrogen) atoms. The van der Waals surface area contributed by atoms with Crippen LogP contribution in [-0.2, 0) is 14.8 Å². The fourth-order valence-electron chi connectivity index (χ4n) is 3.59. The first-order valence-corrected chi connectivity index (χ1v) is 12.4. The van der Waals surface area contributed by atoms with Crippen molar-refractivity contribution in [2.45, 2.75) is 31.2 Å². The minimum atomic E-state index is -4.10. The Labute approximate surface area is 198 Å². The Balaban J connectivity index is 1.96. The van der Waals surface area contributed by atoms with Crippen LogP contribution in [0, 0.1) is 5.92 Å². The molecular weight excluding hydrogens is 464 g/mol. The summed E-state index contributed by atoms with van der Waals surface area (Å²) in [6.45, 7) is 3.63. The molecular formula is C24H27ClN2O5S. The minimum absolute atomic E-state index is 0.00421. The number of rotatable bonds is 10. The van der Waals surface area contributed by atoms with E-state index < -0.39 is 22.0 Å². The molecule has 0 fully saturated rings. The number of carbonyl (C=O) groups excluding carboxylic acids is 1. The molecule has 0 heterocycles. The molecule has 9 heteroatoms. The van der Waals surface area contributed by atoms with E-state index in [1.54, 1.807) is 41.9 Å². The Morgan fingerprint density at radius 1 is 1.06 bits per heavy atom. The Morgan fingerprint density at radius 2 is 1.79 bits per heavy atom. The summed E-state index contributed by atoms with van der Waals surface area (Å²) in [5, 5.41) is 11.5. The molecule has 0 aliphatic rings. The summed E-state index contributed by atoms with van der Waals surface area (Å²) in [5.41, 5.74) is 1.62. The van der Waals surface area contributed by atoms with Gasteiger partial charge in [0.1, 0.15) is 18.4 Å². The van der Waals surface area contributed by atoms with E-state index in [1.807, 2.05) is 38.1 Å². The molecule has 0 aliphatic heterocycles. The van der Waals surface area contributed by atoms with Gasteiger partial charge in [-0.3, -0.25) is 10.0 Å². The lowest BCUT2D eigenvalue weighted by atomic mass is 10.0. The largest absolute Gasteiger partial charge is 0.492 e. The summed E-state index contributed by atoms with van der Waals surface area (Å²) >= 11 is 5.99. The number of fused-ring (bicyclic) bond motifs is 1. The highest BCUT2D eigenvalue weighted by atomic mass is 35.5. The normalized spacial score (nSPS) is 12.8. The second kappa shape index (κ2) is 11.0. The Hall–Kier alpha value is -2.65. The van der Waals surface area contributed by atoms with Gasteiger partial charge in [0.2, 0.25) is 10.0 Å². The fourth-order valence-corrected chi connectivity index (χ4v) is 5.39. The number of nitrogens with zero attached hydrogens (tertiary/aromatic N) is 1. The predicted octanol–water partition coefficient (Wildman–Crippen LogP) is 4.48. The van der Waals surface area contributed by atoms with Gasteiger partial charge in [0.25, 0.3) is 5.91 Å². The van der Waals surface area contributed by atoms with Gasteiger partial charge >= 0.3 is 0 Å². The number of ether oxygens (including phenoxy) is 1. The first kappa shape index (κ1) is 25.0. The third-order valence-corrected chi connectivity index (χ3v) is 7.30. The second-order valence-corrected chi connectivity index (χ2v) is 10.4. The lowest BCUT2D eigenvalue weighted by Crippen LogP contribution is -2.50. The zero-order valence-corrected chi connectivity index (χ0v) is 20.0.